The van der Waals surface area contributed by atoms with Gasteiger partial charge in [0.2, 0.25) is 5.91 Å². The topological polar surface area (TPSA) is 77.2 Å². The second-order valence-corrected chi connectivity index (χ2v) is 7.63. The fraction of sp³-hybridized carbons (Fsp3) is 0.619. The summed E-state index contributed by atoms with van der Waals surface area (Å²) in [6, 6.07) is 7.01. The van der Waals surface area contributed by atoms with Gasteiger partial charge in [0.25, 0.3) is 0 Å². The summed E-state index contributed by atoms with van der Waals surface area (Å²) in [5.74, 6) is 0.772. The standard InChI is InChI=1S/C21H33N5O3/c1-3-24-11-13-25(14-12-24)10-4-9-22-21(28)23-17-15-20(27)26(16-17)18-5-7-19(29-2)8-6-18/h5-8,17H,3-4,9-16H2,1-2H3,(H2,22,23,28)/t17-/m1/s1. The zero-order valence-electron chi connectivity index (χ0n) is 17.5. The van der Waals surface area contributed by atoms with E-state index >= 15 is 0 Å². The van der Waals surface area contributed by atoms with Crippen molar-refractivity contribution in [1.82, 2.24) is 20.4 Å². The molecule has 3 amide bonds. The van der Waals surface area contributed by atoms with Crippen LogP contribution in [-0.2, 0) is 4.79 Å². The van der Waals surface area contributed by atoms with Crippen LogP contribution in [0.2, 0.25) is 0 Å². The van der Waals surface area contributed by atoms with Crippen molar-refractivity contribution < 1.29 is 14.3 Å². The van der Waals surface area contributed by atoms with Gasteiger partial charge in [0.05, 0.1) is 13.2 Å². The van der Waals surface area contributed by atoms with Crippen molar-refractivity contribution in [2.75, 3.05) is 64.4 Å². The highest BCUT2D eigenvalue weighted by Crippen LogP contribution is 2.24. The van der Waals surface area contributed by atoms with Crippen molar-refractivity contribution in [3.8, 4) is 5.75 Å². The van der Waals surface area contributed by atoms with E-state index in [1.807, 2.05) is 24.3 Å². The molecule has 0 radical (unpaired) electrons. The first kappa shape index (κ1) is 21.4. The Morgan fingerprint density at radius 1 is 1.14 bits per heavy atom. The molecule has 1 atom stereocenters. The Morgan fingerprint density at radius 3 is 2.48 bits per heavy atom. The van der Waals surface area contributed by atoms with Crippen LogP contribution < -0.4 is 20.3 Å². The summed E-state index contributed by atoms with van der Waals surface area (Å²) in [5.41, 5.74) is 0.823. The fourth-order valence-electron chi connectivity index (χ4n) is 3.89. The van der Waals surface area contributed by atoms with Gasteiger partial charge in [-0.3, -0.25) is 4.79 Å². The van der Waals surface area contributed by atoms with Crippen molar-refractivity contribution in [1.29, 1.82) is 0 Å². The molecule has 0 aromatic heterocycles. The summed E-state index contributed by atoms with van der Waals surface area (Å²) >= 11 is 0. The molecule has 0 saturated carbocycles. The number of likely N-dealkylation sites (N-methyl/N-ethyl adjacent to an activating group) is 1. The number of methoxy groups -OCH3 is 1. The number of hydrogen-bond acceptors (Lipinski definition) is 5. The van der Waals surface area contributed by atoms with E-state index in [-0.39, 0.29) is 18.0 Å². The molecule has 1 aromatic carbocycles. The van der Waals surface area contributed by atoms with Crippen molar-refractivity contribution >= 4 is 17.6 Å². The number of rotatable bonds is 8. The molecule has 8 nitrogen and oxygen atoms in total. The van der Waals surface area contributed by atoms with Crippen molar-refractivity contribution in [2.45, 2.75) is 25.8 Å². The van der Waals surface area contributed by atoms with E-state index in [2.05, 4.69) is 27.4 Å². The second-order valence-electron chi connectivity index (χ2n) is 7.63. The van der Waals surface area contributed by atoms with E-state index < -0.39 is 0 Å². The highest BCUT2D eigenvalue weighted by molar-refractivity contribution is 5.96. The monoisotopic (exact) mass is 403 g/mol. The smallest absolute Gasteiger partial charge is 0.315 e. The first-order chi connectivity index (χ1) is 14.1. The zero-order chi connectivity index (χ0) is 20.6. The van der Waals surface area contributed by atoms with Crippen LogP contribution in [0.3, 0.4) is 0 Å². The Labute approximate surface area is 173 Å². The van der Waals surface area contributed by atoms with E-state index in [0.717, 1.165) is 57.1 Å². The third-order valence-corrected chi connectivity index (χ3v) is 5.69. The molecule has 0 aliphatic carbocycles. The lowest BCUT2D eigenvalue weighted by Gasteiger charge is -2.33. The zero-order valence-corrected chi connectivity index (χ0v) is 17.5. The van der Waals surface area contributed by atoms with Gasteiger partial charge < -0.3 is 30.1 Å². The van der Waals surface area contributed by atoms with Gasteiger partial charge in [-0.25, -0.2) is 4.79 Å². The molecule has 3 rings (SSSR count). The lowest BCUT2D eigenvalue weighted by atomic mass is 10.2. The van der Waals surface area contributed by atoms with Crippen LogP contribution in [0, 0.1) is 0 Å². The molecule has 0 bridgehead atoms. The number of piperazine rings is 1. The summed E-state index contributed by atoms with van der Waals surface area (Å²) in [6.07, 6.45) is 1.25. The minimum atomic E-state index is -0.199. The first-order valence-corrected chi connectivity index (χ1v) is 10.5. The maximum atomic E-state index is 12.3. The maximum Gasteiger partial charge on any atom is 0.315 e. The quantitative estimate of drug-likeness (QED) is 0.637. The van der Waals surface area contributed by atoms with Crippen molar-refractivity contribution in [3.63, 3.8) is 0 Å². The summed E-state index contributed by atoms with van der Waals surface area (Å²) < 4.78 is 5.15. The van der Waals surface area contributed by atoms with E-state index in [0.29, 0.717) is 19.5 Å². The third-order valence-electron chi connectivity index (χ3n) is 5.69. The van der Waals surface area contributed by atoms with Crippen LogP contribution in [0.4, 0.5) is 10.5 Å². The number of amides is 3. The maximum absolute atomic E-state index is 12.3. The summed E-state index contributed by atoms with van der Waals surface area (Å²) in [5, 5.41) is 5.85. The Bertz CT molecular complexity index is 673. The van der Waals surface area contributed by atoms with Gasteiger partial charge in [-0.2, -0.15) is 0 Å². The SMILES string of the molecule is CCN1CCN(CCCNC(=O)N[C@@H]2CC(=O)N(c3ccc(OC)cc3)C2)CC1. The van der Waals surface area contributed by atoms with E-state index in [9.17, 15) is 9.59 Å². The van der Waals surface area contributed by atoms with Gasteiger partial charge in [-0.15, -0.1) is 0 Å². The number of nitrogens with one attached hydrogen (secondary N) is 2. The Morgan fingerprint density at radius 2 is 1.83 bits per heavy atom. The predicted octanol–water partition coefficient (Wildman–Crippen LogP) is 1.13. The number of ether oxygens (including phenoxy) is 1. The Kier molecular flexibility index (Phi) is 7.71. The molecular formula is C21H33N5O3. The summed E-state index contributed by atoms with van der Waals surface area (Å²) in [7, 11) is 1.61. The number of carbonyl (C=O) groups is 2. The highest BCUT2D eigenvalue weighted by Gasteiger charge is 2.31. The number of carbonyl (C=O) groups excluding carboxylic acids is 2. The predicted molar refractivity (Wildman–Crippen MR) is 113 cm³/mol. The minimum absolute atomic E-state index is 0.0201. The number of nitrogens with zero attached hydrogens (tertiary/aromatic N) is 3. The number of urea groups is 1. The normalized spacial score (nSPS) is 20.7. The van der Waals surface area contributed by atoms with Crippen LogP contribution in [0.1, 0.15) is 19.8 Å². The van der Waals surface area contributed by atoms with Crippen LogP contribution in [0.15, 0.2) is 24.3 Å². The van der Waals surface area contributed by atoms with Gasteiger partial charge >= 0.3 is 6.03 Å². The van der Waals surface area contributed by atoms with E-state index in [1.54, 1.807) is 12.0 Å². The lowest BCUT2D eigenvalue weighted by Crippen LogP contribution is -2.47. The first-order valence-electron chi connectivity index (χ1n) is 10.5. The van der Waals surface area contributed by atoms with Gasteiger partial charge in [-0.05, 0) is 43.8 Å². The molecule has 2 saturated heterocycles. The molecule has 29 heavy (non-hydrogen) atoms. The van der Waals surface area contributed by atoms with Crippen LogP contribution >= 0.6 is 0 Å². The molecule has 0 unspecified atom stereocenters. The van der Waals surface area contributed by atoms with Gasteiger partial charge in [-0.1, -0.05) is 6.92 Å². The molecule has 0 spiro atoms. The molecule has 2 aliphatic rings. The molecule has 160 valence electrons. The lowest BCUT2D eigenvalue weighted by molar-refractivity contribution is -0.117. The molecule has 2 heterocycles. The van der Waals surface area contributed by atoms with Crippen molar-refractivity contribution in [3.05, 3.63) is 24.3 Å². The second kappa shape index (κ2) is 10.5. The molecular weight excluding hydrogens is 370 g/mol. The van der Waals surface area contributed by atoms with E-state index in [1.165, 1.54) is 0 Å². The molecule has 2 N–H and O–H groups in total. The third kappa shape index (κ3) is 6.08. The minimum Gasteiger partial charge on any atom is -0.497 e. The average molecular weight is 404 g/mol. The van der Waals surface area contributed by atoms with Gasteiger partial charge in [0.15, 0.2) is 0 Å². The summed E-state index contributed by atoms with van der Waals surface area (Å²) in [4.78, 5) is 31.1. The van der Waals surface area contributed by atoms with Gasteiger partial charge in [0, 0.05) is 51.4 Å². The number of anilines is 1. The Balaban J connectivity index is 1.34. The average Bonchev–Trinajstić information content (AvgIpc) is 3.11. The van der Waals surface area contributed by atoms with Crippen LogP contribution in [-0.4, -0.2) is 87.2 Å². The molecule has 2 aliphatic heterocycles. The van der Waals surface area contributed by atoms with Crippen LogP contribution in [0.5, 0.6) is 5.75 Å². The van der Waals surface area contributed by atoms with Crippen molar-refractivity contribution in [2.24, 2.45) is 0 Å². The molecule has 8 heteroatoms. The largest absolute Gasteiger partial charge is 0.497 e. The Hall–Kier alpha value is -2.32. The molecule has 1 aromatic rings. The van der Waals surface area contributed by atoms with Crippen LogP contribution in [0.25, 0.3) is 0 Å². The highest BCUT2D eigenvalue weighted by atomic mass is 16.5. The summed E-state index contributed by atoms with van der Waals surface area (Å²) in [6.45, 7) is 9.92. The van der Waals surface area contributed by atoms with Gasteiger partial charge in [0.1, 0.15) is 5.75 Å². The fourth-order valence-corrected chi connectivity index (χ4v) is 3.89. The van der Waals surface area contributed by atoms with E-state index in [4.69, 9.17) is 4.74 Å². The number of benzene rings is 1. The molecule has 2 fully saturated rings. The number of hydrogen-bond donors (Lipinski definition) is 2.